The van der Waals surface area contributed by atoms with Gasteiger partial charge in [0, 0.05) is 6.20 Å². The zero-order valence-corrected chi connectivity index (χ0v) is 9.35. The van der Waals surface area contributed by atoms with Gasteiger partial charge in [-0.15, -0.1) is 0 Å². The average molecular weight is 203 g/mol. The second-order valence-electron chi connectivity index (χ2n) is 4.68. The predicted molar refractivity (Wildman–Crippen MR) is 58.3 cm³/mol. The zero-order chi connectivity index (χ0) is 10.8. The molecule has 0 aliphatic heterocycles. The third-order valence-corrected chi connectivity index (χ3v) is 3.09. The van der Waals surface area contributed by atoms with Crippen LogP contribution in [0, 0.1) is 17.2 Å². The van der Waals surface area contributed by atoms with Gasteiger partial charge in [0.25, 0.3) is 0 Å². The van der Waals surface area contributed by atoms with E-state index in [1.54, 1.807) is 0 Å². The van der Waals surface area contributed by atoms with E-state index in [1.165, 1.54) is 18.4 Å². The topological polar surface area (TPSA) is 41.6 Å². The van der Waals surface area contributed by atoms with E-state index in [4.69, 9.17) is 5.26 Å². The third kappa shape index (κ3) is 2.20. The Hall–Kier alpha value is -1.30. The van der Waals surface area contributed by atoms with E-state index < -0.39 is 0 Å². The highest BCUT2D eigenvalue weighted by Crippen LogP contribution is 2.41. The van der Waals surface area contributed by atoms with Gasteiger partial charge in [-0.1, -0.05) is 13.8 Å². The lowest BCUT2D eigenvalue weighted by Crippen LogP contribution is -2.11. The van der Waals surface area contributed by atoms with Crippen LogP contribution in [-0.2, 0) is 0 Å². The molecule has 2 rings (SSSR count). The SMILES string of the molecule is CC(C)c1cnn(C(CC#N)C2CC2)c1. The molecule has 3 heteroatoms. The molecule has 1 aliphatic carbocycles. The van der Waals surface area contributed by atoms with Gasteiger partial charge in [-0.25, -0.2) is 0 Å². The Kier molecular flexibility index (Phi) is 2.77. The molecule has 3 nitrogen and oxygen atoms in total. The van der Waals surface area contributed by atoms with Crippen LogP contribution in [0.3, 0.4) is 0 Å². The molecule has 1 saturated carbocycles. The molecule has 0 spiro atoms. The third-order valence-electron chi connectivity index (χ3n) is 3.09. The number of nitriles is 1. The number of nitrogens with zero attached hydrogens (tertiary/aromatic N) is 3. The first-order chi connectivity index (χ1) is 7.22. The lowest BCUT2D eigenvalue weighted by molar-refractivity contribution is 0.412. The average Bonchev–Trinajstić information content (AvgIpc) is 2.91. The Morgan fingerprint density at radius 3 is 2.80 bits per heavy atom. The molecule has 1 aromatic rings. The van der Waals surface area contributed by atoms with Crippen molar-refractivity contribution in [2.24, 2.45) is 5.92 Å². The van der Waals surface area contributed by atoms with Gasteiger partial charge in [-0.3, -0.25) is 4.68 Å². The Morgan fingerprint density at radius 2 is 2.33 bits per heavy atom. The second-order valence-corrected chi connectivity index (χ2v) is 4.68. The number of rotatable bonds is 4. The van der Waals surface area contributed by atoms with E-state index in [0.29, 0.717) is 24.3 Å². The van der Waals surface area contributed by atoms with Crippen molar-refractivity contribution < 1.29 is 0 Å². The van der Waals surface area contributed by atoms with Gasteiger partial charge in [0.15, 0.2) is 0 Å². The van der Waals surface area contributed by atoms with E-state index in [-0.39, 0.29) is 0 Å². The Bertz CT molecular complexity index is 368. The first kappa shape index (κ1) is 10.2. The lowest BCUT2D eigenvalue weighted by atomic mass is 10.1. The fourth-order valence-electron chi connectivity index (χ4n) is 1.88. The summed E-state index contributed by atoms with van der Waals surface area (Å²) >= 11 is 0. The predicted octanol–water partition coefficient (Wildman–Crippen LogP) is 2.87. The first-order valence-electron chi connectivity index (χ1n) is 5.63. The molecule has 80 valence electrons. The summed E-state index contributed by atoms with van der Waals surface area (Å²) in [4.78, 5) is 0. The van der Waals surface area contributed by atoms with Crippen molar-refractivity contribution in [2.75, 3.05) is 0 Å². The van der Waals surface area contributed by atoms with Crippen molar-refractivity contribution in [3.63, 3.8) is 0 Å². The van der Waals surface area contributed by atoms with Crippen molar-refractivity contribution in [2.45, 2.75) is 45.1 Å². The van der Waals surface area contributed by atoms with Crippen molar-refractivity contribution in [3.05, 3.63) is 18.0 Å². The summed E-state index contributed by atoms with van der Waals surface area (Å²) in [5, 5.41) is 13.2. The smallest absolute Gasteiger partial charge is 0.0677 e. The van der Waals surface area contributed by atoms with Crippen LogP contribution in [0.2, 0.25) is 0 Å². The maximum Gasteiger partial charge on any atom is 0.0677 e. The lowest BCUT2D eigenvalue weighted by Gasteiger charge is -2.12. The van der Waals surface area contributed by atoms with Crippen molar-refractivity contribution in [1.29, 1.82) is 5.26 Å². The molecule has 0 amide bonds. The summed E-state index contributed by atoms with van der Waals surface area (Å²) in [6, 6.07) is 2.57. The van der Waals surface area contributed by atoms with Gasteiger partial charge >= 0.3 is 0 Å². The maximum absolute atomic E-state index is 8.80. The van der Waals surface area contributed by atoms with Crippen molar-refractivity contribution >= 4 is 0 Å². The molecular formula is C12H17N3. The minimum absolute atomic E-state index is 0.308. The summed E-state index contributed by atoms with van der Waals surface area (Å²) < 4.78 is 2.00. The minimum Gasteiger partial charge on any atom is -0.268 e. The maximum atomic E-state index is 8.80. The van der Waals surface area contributed by atoms with Crippen LogP contribution in [0.4, 0.5) is 0 Å². The van der Waals surface area contributed by atoms with Crippen LogP contribution in [-0.4, -0.2) is 9.78 Å². The van der Waals surface area contributed by atoms with Gasteiger partial charge in [0.2, 0.25) is 0 Å². The Morgan fingerprint density at radius 1 is 1.60 bits per heavy atom. The zero-order valence-electron chi connectivity index (χ0n) is 9.35. The van der Waals surface area contributed by atoms with E-state index in [0.717, 1.165) is 0 Å². The molecule has 1 fully saturated rings. The molecule has 1 heterocycles. The summed E-state index contributed by atoms with van der Waals surface area (Å²) in [6.45, 7) is 4.33. The van der Waals surface area contributed by atoms with Crippen LogP contribution in [0.1, 0.15) is 50.6 Å². The van der Waals surface area contributed by atoms with Crippen LogP contribution >= 0.6 is 0 Å². The van der Waals surface area contributed by atoms with Crippen LogP contribution < -0.4 is 0 Å². The van der Waals surface area contributed by atoms with Gasteiger partial charge < -0.3 is 0 Å². The summed E-state index contributed by atoms with van der Waals surface area (Å²) in [6.07, 6.45) is 7.12. The molecule has 0 bridgehead atoms. The Balaban J connectivity index is 2.15. The van der Waals surface area contributed by atoms with Crippen molar-refractivity contribution in [1.82, 2.24) is 9.78 Å². The number of hydrogen-bond acceptors (Lipinski definition) is 2. The van der Waals surface area contributed by atoms with Gasteiger partial charge in [0.05, 0.1) is 24.7 Å². The highest BCUT2D eigenvalue weighted by molar-refractivity contribution is 5.10. The fourth-order valence-corrected chi connectivity index (χ4v) is 1.88. The van der Waals surface area contributed by atoms with E-state index >= 15 is 0 Å². The largest absolute Gasteiger partial charge is 0.268 e. The quantitative estimate of drug-likeness (QED) is 0.755. The van der Waals surface area contributed by atoms with E-state index in [9.17, 15) is 0 Å². The monoisotopic (exact) mass is 203 g/mol. The molecule has 0 radical (unpaired) electrons. The van der Waals surface area contributed by atoms with Gasteiger partial charge in [-0.2, -0.15) is 10.4 Å². The molecule has 1 unspecified atom stereocenters. The van der Waals surface area contributed by atoms with Crippen LogP contribution in [0.5, 0.6) is 0 Å². The molecule has 0 saturated heterocycles. The molecule has 1 aromatic heterocycles. The van der Waals surface area contributed by atoms with Gasteiger partial charge in [0.1, 0.15) is 0 Å². The molecule has 1 atom stereocenters. The fraction of sp³-hybridized carbons (Fsp3) is 0.667. The van der Waals surface area contributed by atoms with Crippen molar-refractivity contribution in [3.8, 4) is 6.07 Å². The molecule has 0 aromatic carbocycles. The highest BCUT2D eigenvalue weighted by Gasteiger charge is 2.32. The Labute approximate surface area is 90.7 Å². The standard InChI is InChI=1S/C12H17N3/c1-9(2)11-7-14-15(8-11)12(5-6-13)10-3-4-10/h7-10,12H,3-5H2,1-2H3. The van der Waals surface area contributed by atoms with Crippen LogP contribution in [0.25, 0.3) is 0 Å². The molecule has 0 N–H and O–H groups in total. The summed E-state index contributed by atoms with van der Waals surface area (Å²) in [5.74, 6) is 1.20. The van der Waals surface area contributed by atoms with E-state index in [1.807, 2.05) is 10.9 Å². The minimum atomic E-state index is 0.308. The van der Waals surface area contributed by atoms with Gasteiger partial charge in [-0.05, 0) is 30.2 Å². The first-order valence-corrected chi connectivity index (χ1v) is 5.63. The number of hydrogen-bond donors (Lipinski definition) is 0. The molecule has 15 heavy (non-hydrogen) atoms. The normalized spacial score (nSPS) is 17.7. The second kappa shape index (κ2) is 4.06. The summed E-state index contributed by atoms with van der Waals surface area (Å²) in [5.41, 5.74) is 1.26. The molecule has 1 aliphatic rings. The molecular weight excluding hydrogens is 186 g/mol. The summed E-state index contributed by atoms with van der Waals surface area (Å²) in [7, 11) is 0. The van der Waals surface area contributed by atoms with E-state index in [2.05, 4.69) is 31.2 Å². The highest BCUT2D eigenvalue weighted by atomic mass is 15.3. The van der Waals surface area contributed by atoms with Crippen LogP contribution in [0.15, 0.2) is 12.4 Å². The number of aromatic nitrogens is 2.